The van der Waals surface area contributed by atoms with Crippen LogP contribution in [0.1, 0.15) is 52.9 Å². The van der Waals surface area contributed by atoms with Gasteiger partial charge in [-0.25, -0.2) is 0 Å². The zero-order valence-corrected chi connectivity index (χ0v) is 12.4. The van der Waals surface area contributed by atoms with Gasteiger partial charge in [0, 0.05) is 25.2 Å². The molecule has 2 fully saturated rings. The van der Waals surface area contributed by atoms with Crippen molar-refractivity contribution in [3.8, 4) is 0 Å². The molecule has 0 bridgehead atoms. The van der Waals surface area contributed by atoms with E-state index in [0.717, 1.165) is 25.1 Å². The molecule has 2 heterocycles. The van der Waals surface area contributed by atoms with E-state index in [0.29, 0.717) is 0 Å². The van der Waals surface area contributed by atoms with Crippen molar-refractivity contribution in [3.05, 3.63) is 0 Å². The smallest absolute Gasteiger partial charge is 0.0666 e. The van der Waals surface area contributed by atoms with Gasteiger partial charge >= 0.3 is 0 Å². The predicted octanol–water partition coefficient (Wildman–Crippen LogP) is 2.41. The molecule has 0 aliphatic carbocycles. The Hall–Kier alpha value is -0.120. The van der Waals surface area contributed by atoms with Crippen LogP contribution in [-0.4, -0.2) is 48.8 Å². The van der Waals surface area contributed by atoms with Gasteiger partial charge in [0.05, 0.1) is 5.60 Å². The fourth-order valence-corrected chi connectivity index (χ4v) is 3.47. The van der Waals surface area contributed by atoms with E-state index in [1.807, 2.05) is 0 Å². The summed E-state index contributed by atoms with van der Waals surface area (Å²) in [5, 5.41) is 3.51. The molecule has 0 amide bonds. The van der Waals surface area contributed by atoms with E-state index in [4.69, 9.17) is 4.74 Å². The third kappa shape index (κ3) is 3.25. The topological polar surface area (TPSA) is 24.5 Å². The van der Waals surface area contributed by atoms with E-state index in [9.17, 15) is 0 Å². The molecule has 2 rings (SSSR count). The summed E-state index contributed by atoms with van der Waals surface area (Å²) in [4.78, 5) is 2.77. The van der Waals surface area contributed by atoms with Crippen molar-refractivity contribution in [1.82, 2.24) is 10.2 Å². The average molecular weight is 254 g/mol. The zero-order chi connectivity index (χ0) is 13.0. The third-order valence-electron chi connectivity index (χ3n) is 4.77. The number of hydrogen-bond donors (Lipinski definition) is 1. The van der Waals surface area contributed by atoms with Crippen molar-refractivity contribution < 1.29 is 4.74 Å². The van der Waals surface area contributed by atoms with Crippen molar-refractivity contribution in [2.75, 3.05) is 26.2 Å². The van der Waals surface area contributed by atoms with Gasteiger partial charge in [-0.15, -0.1) is 0 Å². The predicted molar refractivity (Wildman–Crippen MR) is 75.9 cm³/mol. The first kappa shape index (κ1) is 14.3. The van der Waals surface area contributed by atoms with E-state index in [1.165, 1.54) is 45.3 Å². The monoisotopic (exact) mass is 254 g/mol. The summed E-state index contributed by atoms with van der Waals surface area (Å²) in [5.41, 5.74) is 0.112. The van der Waals surface area contributed by atoms with Gasteiger partial charge in [-0.2, -0.15) is 0 Å². The van der Waals surface area contributed by atoms with Crippen LogP contribution in [0.3, 0.4) is 0 Å². The highest BCUT2D eigenvalue weighted by molar-refractivity contribution is 4.91. The highest BCUT2D eigenvalue weighted by Gasteiger charge is 2.37. The first-order valence-electron chi connectivity index (χ1n) is 7.79. The van der Waals surface area contributed by atoms with Crippen molar-refractivity contribution in [3.63, 3.8) is 0 Å². The minimum Gasteiger partial charge on any atom is -0.375 e. The normalized spacial score (nSPS) is 37.3. The van der Waals surface area contributed by atoms with Gasteiger partial charge in [-0.3, -0.25) is 4.90 Å². The molecule has 0 aromatic heterocycles. The number of ether oxygens (including phenoxy) is 1. The summed E-state index contributed by atoms with van der Waals surface area (Å²) in [7, 11) is 0. The lowest BCUT2D eigenvalue weighted by atomic mass is 9.88. The molecule has 1 N–H and O–H groups in total. The van der Waals surface area contributed by atoms with Crippen LogP contribution in [0.4, 0.5) is 0 Å². The molecule has 2 aliphatic rings. The Bertz CT molecular complexity index is 253. The maximum Gasteiger partial charge on any atom is 0.0666 e. The molecule has 106 valence electrons. The van der Waals surface area contributed by atoms with Gasteiger partial charge < -0.3 is 10.1 Å². The second kappa shape index (κ2) is 6.36. The van der Waals surface area contributed by atoms with Crippen LogP contribution in [0.5, 0.6) is 0 Å². The average Bonchev–Trinajstić information content (AvgIpc) is 2.89. The van der Waals surface area contributed by atoms with Crippen molar-refractivity contribution in [1.29, 1.82) is 0 Å². The fraction of sp³-hybridized carbons (Fsp3) is 1.00. The summed E-state index contributed by atoms with van der Waals surface area (Å²) in [6, 6.07) is 1.49. The Kier molecular flexibility index (Phi) is 5.05. The largest absolute Gasteiger partial charge is 0.375 e. The molecule has 0 radical (unpaired) electrons. The summed E-state index contributed by atoms with van der Waals surface area (Å²) in [5.74, 6) is 0. The van der Waals surface area contributed by atoms with Crippen molar-refractivity contribution in [2.45, 2.75) is 70.6 Å². The highest BCUT2D eigenvalue weighted by Crippen LogP contribution is 2.32. The minimum atomic E-state index is 0.112. The maximum atomic E-state index is 5.99. The van der Waals surface area contributed by atoms with Crippen LogP contribution in [-0.2, 0) is 4.74 Å². The van der Waals surface area contributed by atoms with Crippen LogP contribution >= 0.6 is 0 Å². The molecular formula is C15H30N2O. The van der Waals surface area contributed by atoms with Crippen LogP contribution in [0.2, 0.25) is 0 Å². The first-order valence-corrected chi connectivity index (χ1v) is 7.79. The lowest BCUT2D eigenvalue weighted by molar-refractivity contribution is -0.101. The van der Waals surface area contributed by atoms with Crippen LogP contribution in [0, 0.1) is 0 Å². The van der Waals surface area contributed by atoms with E-state index in [1.54, 1.807) is 0 Å². The number of nitrogens with one attached hydrogen (secondary N) is 1. The van der Waals surface area contributed by atoms with E-state index in [-0.39, 0.29) is 5.60 Å². The molecule has 0 spiro atoms. The van der Waals surface area contributed by atoms with Crippen LogP contribution in [0.25, 0.3) is 0 Å². The Morgan fingerprint density at radius 2 is 2.11 bits per heavy atom. The lowest BCUT2D eigenvalue weighted by Gasteiger charge is -2.44. The minimum absolute atomic E-state index is 0.112. The van der Waals surface area contributed by atoms with Gasteiger partial charge in [0.25, 0.3) is 0 Å². The molecule has 18 heavy (non-hydrogen) atoms. The van der Waals surface area contributed by atoms with Crippen LogP contribution < -0.4 is 5.32 Å². The first-order chi connectivity index (χ1) is 8.68. The van der Waals surface area contributed by atoms with Gasteiger partial charge in [0.15, 0.2) is 0 Å². The standard InChI is InChI=1S/C15H30N2O/c1-4-9-17(14-6-8-16-12-14)13-7-10-18-15(3,5-2)11-13/h13-14,16H,4-12H2,1-3H3. The van der Waals surface area contributed by atoms with Gasteiger partial charge in [0.2, 0.25) is 0 Å². The molecule has 3 atom stereocenters. The fourth-order valence-electron chi connectivity index (χ4n) is 3.47. The molecule has 0 aromatic carbocycles. The summed E-state index contributed by atoms with van der Waals surface area (Å²) < 4.78 is 5.99. The lowest BCUT2D eigenvalue weighted by Crippen LogP contribution is -2.51. The molecule has 3 unspecified atom stereocenters. The van der Waals surface area contributed by atoms with Gasteiger partial charge in [0.1, 0.15) is 0 Å². The number of hydrogen-bond acceptors (Lipinski definition) is 3. The molecule has 0 aromatic rings. The molecule has 2 saturated heterocycles. The van der Waals surface area contributed by atoms with Crippen LogP contribution in [0.15, 0.2) is 0 Å². The van der Waals surface area contributed by atoms with Gasteiger partial charge in [-0.05, 0) is 52.1 Å². The van der Waals surface area contributed by atoms with Crippen molar-refractivity contribution in [2.24, 2.45) is 0 Å². The quantitative estimate of drug-likeness (QED) is 0.815. The van der Waals surface area contributed by atoms with Crippen molar-refractivity contribution >= 4 is 0 Å². The van der Waals surface area contributed by atoms with E-state index < -0.39 is 0 Å². The number of rotatable bonds is 5. The third-order valence-corrected chi connectivity index (χ3v) is 4.77. The second-order valence-corrected chi connectivity index (χ2v) is 6.18. The highest BCUT2D eigenvalue weighted by atomic mass is 16.5. The molecule has 2 aliphatic heterocycles. The van der Waals surface area contributed by atoms with E-state index in [2.05, 4.69) is 31.0 Å². The number of nitrogens with zero attached hydrogens (tertiary/aromatic N) is 1. The van der Waals surface area contributed by atoms with E-state index >= 15 is 0 Å². The SMILES string of the molecule is CCCN(C1CCNC1)C1CCOC(C)(CC)C1. The van der Waals surface area contributed by atoms with Gasteiger partial charge in [-0.1, -0.05) is 13.8 Å². The molecular weight excluding hydrogens is 224 g/mol. The molecule has 0 saturated carbocycles. The summed E-state index contributed by atoms with van der Waals surface area (Å²) >= 11 is 0. The second-order valence-electron chi connectivity index (χ2n) is 6.18. The maximum absolute atomic E-state index is 5.99. The summed E-state index contributed by atoms with van der Waals surface area (Å²) in [6.45, 7) is 11.4. The zero-order valence-electron chi connectivity index (χ0n) is 12.4. The Balaban J connectivity index is 2.00. The Morgan fingerprint density at radius 1 is 1.28 bits per heavy atom. The Morgan fingerprint density at radius 3 is 2.72 bits per heavy atom. The molecule has 3 heteroatoms. The summed E-state index contributed by atoms with van der Waals surface area (Å²) in [6.07, 6.45) is 6.13. The molecule has 3 nitrogen and oxygen atoms in total. The Labute approximate surface area is 112 Å².